The molecule has 1 atom stereocenters. The number of likely N-dealkylation sites (N-methyl/N-ethyl adjacent to an activating group) is 1. The predicted octanol–water partition coefficient (Wildman–Crippen LogP) is 1.69. The number of hydrogen-bond donors (Lipinski definition) is 3. The fourth-order valence-corrected chi connectivity index (χ4v) is 3.33. The van der Waals surface area contributed by atoms with Crippen LogP contribution in [0.4, 0.5) is 5.82 Å². The zero-order valence-corrected chi connectivity index (χ0v) is 20.7. The Bertz CT molecular complexity index is 1260. The Morgan fingerprint density at radius 3 is 2.44 bits per heavy atom. The molecule has 10 nitrogen and oxygen atoms in total. The summed E-state index contributed by atoms with van der Waals surface area (Å²) in [6, 6.07) is 13.1. The summed E-state index contributed by atoms with van der Waals surface area (Å²) < 4.78 is 1.44. The summed E-state index contributed by atoms with van der Waals surface area (Å²) in [7, 11) is 3.73. The average Bonchev–Trinajstić information content (AvgIpc) is 2.85. The molecule has 0 aliphatic rings. The van der Waals surface area contributed by atoms with E-state index in [9.17, 15) is 19.2 Å². The number of nitrogens with one attached hydrogen (secondary N) is 3. The molecular formula is C25H27ClN6O4. The molecule has 11 heteroatoms. The number of anilines is 1. The first kappa shape index (κ1) is 26.6. The fraction of sp³-hybridized carbons (Fsp3) is 0.240. The van der Waals surface area contributed by atoms with E-state index in [0.29, 0.717) is 23.8 Å². The van der Waals surface area contributed by atoms with Crippen molar-refractivity contribution in [2.24, 2.45) is 0 Å². The summed E-state index contributed by atoms with van der Waals surface area (Å²) in [5.74, 6) is -1.25. The first-order chi connectivity index (χ1) is 17.2. The van der Waals surface area contributed by atoms with Gasteiger partial charge in [-0.3, -0.25) is 23.7 Å². The molecule has 1 aromatic carbocycles. The van der Waals surface area contributed by atoms with Gasteiger partial charge in [-0.05, 0) is 56.6 Å². The Kier molecular flexibility index (Phi) is 9.32. The molecule has 0 aliphatic carbocycles. The van der Waals surface area contributed by atoms with E-state index in [2.05, 4.69) is 20.9 Å². The molecule has 0 aliphatic heterocycles. The Labute approximate surface area is 213 Å². The van der Waals surface area contributed by atoms with Crippen LogP contribution in [0.15, 0.2) is 71.8 Å². The second kappa shape index (κ2) is 12.6. The lowest BCUT2D eigenvalue weighted by molar-refractivity contribution is -0.126. The predicted molar refractivity (Wildman–Crippen MR) is 137 cm³/mol. The molecule has 3 aromatic rings. The minimum absolute atomic E-state index is 0.203. The molecule has 3 N–H and O–H groups in total. The van der Waals surface area contributed by atoms with Gasteiger partial charge in [-0.1, -0.05) is 17.7 Å². The van der Waals surface area contributed by atoms with Crippen LogP contribution < -0.4 is 21.5 Å². The van der Waals surface area contributed by atoms with E-state index in [1.165, 1.54) is 22.9 Å². The Hall–Kier alpha value is -4.02. The number of rotatable bonds is 10. The number of nitrogens with zero attached hydrogens (tertiary/aromatic N) is 3. The van der Waals surface area contributed by atoms with Gasteiger partial charge in [-0.2, -0.15) is 0 Å². The van der Waals surface area contributed by atoms with Crippen LogP contribution in [0.3, 0.4) is 0 Å². The van der Waals surface area contributed by atoms with Crippen LogP contribution in [0.5, 0.6) is 0 Å². The van der Waals surface area contributed by atoms with E-state index in [0.717, 1.165) is 0 Å². The Morgan fingerprint density at radius 2 is 1.81 bits per heavy atom. The number of carbonyl (C=O) groups excluding carboxylic acids is 3. The lowest BCUT2D eigenvalue weighted by Gasteiger charge is -2.19. The van der Waals surface area contributed by atoms with Gasteiger partial charge in [0.1, 0.15) is 11.9 Å². The van der Waals surface area contributed by atoms with Gasteiger partial charge in [0.15, 0.2) is 0 Å². The van der Waals surface area contributed by atoms with Crippen LogP contribution in [0.2, 0.25) is 5.02 Å². The third kappa shape index (κ3) is 7.76. The largest absolute Gasteiger partial charge is 0.353 e. The second-order valence-corrected chi connectivity index (χ2v) is 8.63. The van der Waals surface area contributed by atoms with Gasteiger partial charge < -0.3 is 20.9 Å². The van der Waals surface area contributed by atoms with Crippen LogP contribution in [-0.2, 0) is 9.59 Å². The number of aromatic nitrogens is 2. The van der Waals surface area contributed by atoms with Crippen LogP contribution in [-0.4, -0.2) is 65.4 Å². The van der Waals surface area contributed by atoms with Crippen molar-refractivity contribution >= 4 is 35.1 Å². The molecule has 188 valence electrons. The highest BCUT2D eigenvalue weighted by atomic mass is 35.5. The van der Waals surface area contributed by atoms with E-state index in [-0.39, 0.29) is 23.4 Å². The summed E-state index contributed by atoms with van der Waals surface area (Å²) in [6.45, 7) is 0.937. The molecule has 0 saturated carbocycles. The molecular weight excluding hydrogens is 484 g/mol. The molecule has 36 heavy (non-hydrogen) atoms. The number of halogens is 1. The van der Waals surface area contributed by atoms with Gasteiger partial charge in [0.2, 0.25) is 11.8 Å². The number of pyridine rings is 2. The fourth-order valence-electron chi connectivity index (χ4n) is 3.22. The van der Waals surface area contributed by atoms with Crippen molar-refractivity contribution in [3.05, 3.63) is 87.9 Å². The number of carbonyl (C=O) groups is 3. The van der Waals surface area contributed by atoms with E-state index >= 15 is 0 Å². The van der Waals surface area contributed by atoms with Gasteiger partial charge in [0.05, 0.1) is 11.4 Å². The van der Waals surface area contributed by atoms with E-state index < -0.39 is 23.8 Å². The lowest BCUT2D eigenvalue weighted by atomic mass is 10.1. The van der Waals surface area contributed by atoms with Crippen LogP contribution >= 0.6 is 11.6 Å². The maximum Gasteiger partial charge on any atom is 0.255 e. The highest BCUT2D eigenvalue weighted by Crippen LogP contribution is 2.11. The topological polar surface area (TPSA) is 125 Å². The number of benzene rings is 1. The summed E-state index contributed by atoms with van der Waals surface area (Å²) in [6.07, 6.45) is 2.71. The van der Waals surface area contributed by atoms with Crippen molar-refractivity contribution in [3.63, 3.8) is 0 Å². The SMILES string of the molecule is CN(C)CCNC(=O)C(CC(=O)Nc1ccc(Cl)cn1)NC(=O)c1ccc(-n2ccccc2=O)cc1. The van der Waals surface area contributed by atoms with Gasteiger partial charge in [0.25, 0.3) is 11.5 Å². The molecule has 2 aromatic heterocycles. The molecule has 0 spiro atoms. The van der Waals surface area contributed by atoms with Crippen LogP contribution in [0.1, 0.15) is 16.8 Å². The molecule has 3 amide bonds. The minimum atomic E-state index is -1.12. The average molecular weight is 511 g/mol. The Balaban J connectivity index is 1.71. The summed E-state index contributed by atoms with van der Waals surface area (Å²) in [5.41, 5.74) is 0.656. The molecule has 2 heterocycles. The first-order valence-electron chi connectivity index (χ1n) is 11.2. The molecule has 0 bridgehead atoms. The number of hydrogen-bond acceptors (Lipinski definition) is 6. The normalized spacial score (nSPS) is 11.6. The molecule has 0 saturated heterocycles. The maximum atomic E-state index is 12.9. The second-order valence-electron chi connectivity index (χ2n) is 8.19. The maximum absolute atomic E-state index is 12.9. The molecule has 0 fully saturated rings. The van der Waals surface area contributed by atoms with Crippen molar-refractivity contribution in [1.29, 1.82) is 0 Å². The van der Waals surface area contributed by atoms with Crippen molar-refractivity contribution in [3.8, 4) is 5.69 Å². The highest BCUT2D eigenvalue weighted by Gasteiger charge is 2.24. The monoisotopic (exact) mass is 510 g/mol. The molecule has 0 radical (unpaired) electrons. The van der Waals surface area contributed by atoms with Gasteiger partial charge in [-0.25, -0.2) is 4.98 Å². The van der Waals surface area contributed by atoms with Gasteiger partial charge in [-0.15, -0.1) is 0 Å². The van der Waals surface area contributed by atoms with Crippen molar-refractivity contribution in [2.75, 3.05) is 32.5 Å². The molecule has 3 rings (SSSR count). The smallest absolute Gasteiger partial charge is 0.255 e. The lowest BCUT2D eigenvalue weighted by Crippen LogP contribution is -2.49. The van der Waals surface area contributed by atoms with E-state index in [1.807, 2.05) is 19.0 Å². The van der Waals surface area contributed by atoms with Crippen LogP contribution in [0.25, 0.3) is 5.69 Å². The zero-order valence-electron chi connectivity index (χ0n) is 19.9. The van der Waals surface area contributed by atoms with Crippen molar-refractivity contribution in [2.45, 2.75) is 12.5 Å². The van der Waals surface area contributed by atoms with Crippen molar-refractivity contribution in [1.82, 2.24) is 25.1 Å². The van der Waals surface area contributed by atoms with Gasteiger partial charge >= 0.3 is 0 Å². The highest BCUT2D eigenvalue weighted by molar-refractivity contribution is 6.30. The third-order valence-corrected chi connectivity index (χ3v) is 5.32. The van der Waals surface area contributed by atoms with Crippen LogP contribution in [0, 0.1) is 0 Å². The van der Waals surface area contributed by atoms with Crippen molar-refractivity contribution < 1.29 is 14.4 Å². The van der Waals surface area contributed by atoms with E-state index in [4.69, 9.17) is 11.6 Å². The van der Waals surface area contributed by atoms with Gasteiger partial charge in [0, 0.05) is 42.8 Å². The molecule has 1 unspecified atom stereocenters. The first-order valence-corrected chi connectivity index (χ1v) is 11.5. The summed E-state index contributed by atoms with van der Waals surface area (Å²) in [5, 5.41) is 8.38. The zero-order chi connectivity index (χ0) is 26.1. The third-order valence-electron chi connectivity index (χ3n) is 5.09. The summed E-state index contributed by atoms with van der Waals surface area (Å²) >= 11 is 5.82. The number of amides is 3. The summed E-state index contributed by atoms with van der Waals surface area (Å²) in [4.78, 5) is 56.2. The Morgan fingerprint density at radius 1 is 1.06 bits per heavy atom. The standard InChI is InChI=1S/C25H27ClN6O4/c1-31(2)14-12-27-25(36)20(15-22(33)30-21-11-8-18(26)16-28-21)29-24(35)17-6-9-19(10-7-17)32-13-4-3-5-23(32)34/h3-11,13,16,20H,12,14-15H2,1-2H3,(H,27,36)(H,29,35)(H,28,30,33). The minimum Gasteiger partial charge on any atom is -0.353 e. The quantitative estimate of drug-likeness (QED) is 0.381. The van der Waals surface area contributed by atoms with E-state index in [1.54, 1.807) is 48.7 Å².